The van der Waals surface area contributed by atoms with Crippen molar-refractivity contribution in [2.45, 2.75) is 19.4 Å². The Morgan fingerprint density at radius 1 is 1.15 bits per heavy atom. The molecular formula is C16H16BrCl2N. The van der Waals surface area contributed by atoms with E-state index in [4.69, 9.17) is 23.2 Å². The van der Waals surface area contributed by atoms with Gasteiger partial charge in [-0.1, -0.05) is 51.3 Å². The van der Waals surface area contributed by atoms with Crippen LogP contribution in [0.15, 0.2) is 40.9 Å². The maximum atomic E-state index is 6.32. The summed E-state index contributed by atoms with van der Waals surface area (Å²) in [6.45, 7) is 2.04. The molecule has 4 heteroatoms. The highest BCUT2D eigenvalue weighted by Gasteiger charge is 2.13. The maximum Gasteiger partial charge on any atom is 0.0441 e. The van der Waals surface area contributed by atoms with Gasteiger partial charge >= 0.3 is 0 Å². The first kappa shape index (κ1) is 15.8. The number of halogens is 3. The van der Waals surface area contributed by atoms with Crippen LogP contribution in [0.2, 0.25) is 10.0 Å². The minimum absolute atomic E-state index is 0.171. The molecule has 2 aromatic carbocycles. The predicted octanol–water partition coefficient (Wildman–Crippen LogP) is 5.57. The summed E-state index contributed by atoms with van der Waals surface area (Å²) < 4.78 is 0.982. The Hall–Kier alpha value is -0.540. The summed E-state index contributed by atoms with van der Waals surface area (Å²) in [6.07, 6.45) is 0.822. The first-order chi connectivity index (χ1) is 9.49. The van der Waals surface area contributed by atoms with Crippen molar-refractivity contribution in [3.05, 3.63) is 67.6 Å². The molecule has 0 aliphatic carbocycles. The van der Waals surface area contributed by atoms with E-state index in [2.05, 4.69) is 39.4 Å². The molecule has 0 heterocycles. The molecule has 0 radical (unpaired) electrons. The molecule has 2 aromatic rings. The zero-order valence-corrected chi connectivity index (χ0v) is 14.5. The lowest BCUT2D eigenvalue weighted by atomic mass is 9.98. The van der Waals surface area contributed by atoms with E-state index in [0.29, 0.717) is 0 Å². The molecule has 20 heavy (non-hydrogen) atoms. The van der Waals surface area contributed by atoms with Gasteiger partial charge in [-0.3, -0.25) is 0 Å². The van der Waals surface area contributed by atoms with Crippen LogP contribution in [0.4, 0.5) is 0 Å². The monoisotopic (exact) mass is 371 g/mol. The third-order valence-corrected chi connectivity index (χ3v) is 4.30. The van der Waals surface area contributed by atoms with E-state index in [-0.39, 0.29) is 6.04 Å². The lowest BCUT2D eigenvalue weighted by Gasteiger charge is -2.18. The molecule has 1 unspecified atom stereocenters. The Kier molecular flexibility index (Phi) is 5.50. The SMILES string of the molecule is CNC(Cc1ccc(C)cc1Cl)c1cc(Cl)cc(Br)c1. The summed E-state index contributed by atoms with van der Waals surface area (Å²) >= 11 is 15.9. The van der Waals surface area contributed by atoms with Gasteiger partial charge in [0, 0.05) is 20.6 Å². The van der Waals surface area contributed by atoms with Crippen LogP contribution >= 0.6 is 39.1 Å². The quantitative estimate of drug-likeness (QED) is 0.739. The molecule has 0 saturated carbocycles. The molecule has 0 spiro atoms. The van der Waals surface area contributed by atoms with Crippen LogP contribution in [0, 0.1) is 6.92 Å². The molecule has 0 aliphatic heterocycles. The molecule has 1 atom stereocenters. The molecule has 0 aromatic heterocycles. The second-order valence-corrected chi connectivity index (χ2v) is 6.60. The Balaban J connectivity index is 2.28. The van der Waals surface area contributed by atoms with Crippen LogP contribution in [-0.4, -0.2) is 7.05 Å². The van der Waals surface area contributed by atoms with E-state index in [1.54, 1.807) is 0 Å². The average molecular weight is 373 g/mol. The van der Waals surface area contributed by atoms with E-state index in [0.717, 1.165) is 32.1 Å². The van der Waals surface area contributed by atoms with Gasteiger partial charge < -0.3 is 5.32 Å². The van der Waals surface area contributed by atoms with E-state index in [1.165, 1.54) is 5.56 Å². The summed E-state index contributed by atoms with van der Waals surface area (Å²) in [5, 5.41) is 4.86. The molecule has 0 bridgehead atoms. The Bertz CT molecular complexity index is 593. The summed E-state index contributed by atoms with van der Waals surface area (Å²) in [6, 6.07) is 12.3. The van der Waals surface area contributed by atoms with Crippen molar-refractivity contribution < 1.29 is 0 Å². The topological polar surface area (TPSA) is 12.0 Å². The van der Waals surface area contributed by atoms with E-state index >= 15 is 0 Å². The van der Waals surface area contributed by atoms with Crippen LogP contribution in [0.3, 0.4) is 0 Å². The highest BCUT2D eigenvalue weighted by atomic mass is 79.9. The van der Waals surface area contributed by atoms with Gasteiger partial charge in [-0.15, -0.1) is 0 Å². The van der Waals surface area contributed by atoms with Crippen LogP contribution in [-0.2, 0) is 6.42 Å². The summed E-state index contributed by atoms with van der Waals surface area (Å²) in [5.74, 6) is 0. The summed E-state index contributed by atoms with van der Waals surface area (Å²) in [5.41, 5.74) is 3.45. The van der Waals surface area contributed by atoms with Gasteiger partial charge in [0.25, 0.3) is 0 Å². The Morgan fingerprint density at radius 2 is 1.90 bits per heavy atom. The Morgan fingerprint density at radius 3 is 2.50 bits per heavy atom. The average Bonchev–Trinajstić information content (AvgIpc) is 2.36. The minimum Gasteiger partial charge on any atom is -0.313 e. The van der Waals surface area contributed by atoms with Crippen LogP contribution in [0.5, 0.6) is 0 Å². The van der Waals surface area contributed by atoms with E-state index in [1.807, 2.05) is 32.2 Å². The molecule has 0 aliphatic rings. The smallest absolute Gasteiger partial charge is 0.0441 e. The van der Waals surface area contributed by atoms with E-state index in [9.17, 15) is 0 Å². The van der Waals surface area contributed by atoms with Crippen LogP contribution in [0.1, 0.15) is 22.7 Å². The van der Waals surface area contributed by atoms with Crippen molar-refractivity contribution in [2.75, 3.05) is 7.05 Å². The van der Waals surface area contributed by atoms with Gasteiger partial charge in [0.15, 0.2) is 0 Å². The predicted molar refractivity (Wildman–Crippen MR) is 90.8 cm³/mol. The van der Waals surface area contributed by atoms with Gasteiger partial charge in [-0.25, -0.2) is 0 Å². The number of aryl methyl sites for hydroxylation is 1. The third kappa shape index (κ3) is 3.98. The molecule has 0 amide bonds. The molecule has 2 rings (SSSR count). The number of nitrogens with one attached hydrogen (secondary N) is 1. The van der Waals surface area contributed by atoms with Gasteiger partial charge in [0.05, 0.1) is 0 Å². The highest BCUT2D eigenvalue weighted by Crippen LogP contribution is 2.28. The minimum atomic E-state index is 0.171. The van der Waals surface area contributed by atoms with E-state index < -0.39 is 0 Å². The molecule has 0 fully saturated rings. The highest BCUT2D eigenvalue weighted by molar-refractivity contribution is 9.10. The number of rotatable bonds is 4. The van der Waals surface area contributed by atoms with Crippen molar-refractivity contribution in [1.29, 1.82) is 0 Å². The first-order valence-corrected chi connectivity index (χ1v) is 7.93. The lowest BCUT2D eigenvalue weighted by molar-refractivity contribution is 0.592. The first-order valence-electron chi connectivity index (χ1n) is 6.38. The van der Waals surface area contributed by atoms with Crippen LogP contribution < -0.4 is 5.32 Å². The van der Waals surface area contributed by atoms with Crippen molar-refractivity contribution in [1.82, 2.24) is 5.32 Å². The lowest BCUT2D eigenvalue weighted by Crippen LogP contribution is -2.19. The normalized spacial score (nSPS) is 12.4. The Labute approximate surface area is 138 Å². The second-order valence-electron chi connectivity index (χ2n) is 4.84. The second kappa shape index (κ2) is 6.95. The molecule has 106 valence electrons. The standard InChI is InChI=1S/C16H16BrCl2N/c1-10-3-4-11(15(19)5-10)8-16(20-2)12-6-13(17)9-14(18)7-12/h3-7,9,16,20H,8H2,1-2H3. The molecule has 0 saturated heterocycles. The number of hydrogen-bond acceptors (Lipinski definition) is 1. The third-order valence-electron chi connectivity index (χ3n) is 3.27. The maximum absolute atomic E-state index is 6.32. The fraction of sp³-hybridized carbons (Fsp3) is 0.250. The van der Waals surface area contributed by atoms with Gasteiger partial charge in [-0.2, -0.15) is 0 Å². The van der Waals surface area contributed by atoms with Crippen molar-refractivity contribution in [3.63, 3.8) is 0 Å². The summed E-state index contributed by atoms with van der Waals surface area (Å²) in [4.78, 5) is 0. The molecule has 1 nitrogen and oxygen atoms in total. The molecular weight excluding hydrogens is 357 g/mol. The number of hydrogen-bond donors (Lipinski definition) is 1. The zero-order chi connectivity index (χ0) is 14.7. The van der Waals surface area contributed by atoms with Gasteiger partial charge in [0.1, 0.15) is 0 Å². The van der Waals surface area contributed by atoms with Crippen LogP contribution in [0.25, 0.3) is 0 Å². The number of benzene rings is 2. The fourth-order valence-corrected chi connectivity index (χ4v) is 3.40. The van der Waals surface area contributed by atoms with Crippen molar-refractivity contribution in [2.24, 2.45) is 0 Å². The zero-order valence-electron chi connectivity index (χ0n) is 11.4. The summed E-state index contributed by atoms with van der Waals surface area (Å²) in [7, 11) is 1.95. The fourth-order valence-electron chi connectivity index (χ4n) is 2.20. The van der Waals surface area contributed by atoms with Gasteiger partial charge in [0.2, 0.25) is 0 Å². The van der Waals surface area contributed by atoms with Gasteiger partial charge in [-0.05, 0) is 61.3 Å². The van der Waals surface area contributed by atoms with Crippen molar-refractivity contribution in [3.8, 4) is 0 Å². The number of likely N-dealkylation sites (N-methyl/N-ethyl adjacent to an activating group) is 1. The largest absolute Gasteiger partial charge is 0.313 e. The molecule has 1 N–H and O–H groups in total. The van der Waals surface area contributed by atoms with Crippen molar-refractivity contribution >= 4 is 39.1 Å².